The third kappa shape index (κ3) is 4.61. The first kappa shape index (κ1) is 26.6. The first-order chi connectivity index (χ1) is 22.8. The van der Waals surface area contributed by atoms with Gasteiger partial charge in [-0.05, 0) is 85.6 Å². The minimum Gasteiger partial charge on any atom is -0.286 e. The van der Waals surface area contributed by atoms with Gasteiger partial charge in [0.2, 0.25) is 0 Å². The van der Waals surface area contributed by atoms with Crippen LogP contribution >= 0.6 is 11.3 Å². The lowest BCUT2D eigenvalue weighted by Crippen LogP contribution is -2.09. The molecular formula is C43H28N2S. The lowest BCUT2D eigenvalue weighted by Gasteiger charge is -2.23. The van der Waals surface area contributed by atoms with Crippen molar-refractivity contribution >= 4 is 70.4 Å². The van der Waals surface area contributed by atoms with Crippen molar-refractivity contribution in [1.82, 2.24) is 4.98 Å². The van der Waals surface area contributed by atoms with Crippen LogP contribution in [0.4, 0.5) is 16.5 Å². The van der Waals surface area contributed by atoms with E-state index >= 15 is 0 Å². The molecule has 0 radical (unpaired) electrons. The summed E-state index contributed by atoms with van der Waals surface area (Å²) in [6, 6.07) is 60.9. The van der Waals surface area contributed by atoms with Crippen LogP contribution in [0.1, 0.15) is 0 Å². The summed E-state index contributed by atoms with van der Waals surface area (Å²) in [5.74, 6) is 0. The molecule has 0 aliphatic rings. The van der Waals surface area contributed by atoms with Gasteiger partial charge in [-0.1, -0.05) is 145 Å². The van der Waals surface area contributed by atoms with E-state index in [1.54, 1.807) is 11.3 Å². The monoisotopic (exact) mass is 604 g/mol. The van der Waals surface area contributed by atoms with Crippen LogP contribution in [0.3, 0.4) is 0 Å². The fraction of sp³-hybridized carbons (Fsp3) is 0. The smallest absolute Gasteiger partial charge is 0.195 e. The second kappa shape index (κ2) is 11.0. The van der Waals surface area contributed by atoms with Gasteiger partial charge in [-0.15, -0.1) is 0 Å². The summed E-state index contributed by atoms with van der Waals surface area (Å²) in [6.45, 7) is 0. The summed E-state index contributed by atoms with van der Waals surface area (Å²) in [5.41, 5.74) is 7.97. The zero-order chi connectivity index (χ0) is 30.5. The van der Waals surface area contributed by atoms with E-state index in [2.05, 4.69) is 175 Å². The van der Waals surface area contributed by atoms with Crippen LogP contribution in [-0.2, 0) is 0 Å². The van der Waals surface area contributed by atoms with Gasteiger partial charge in [0.25, 0.3) is 0 Å². The molecule has 0 saturated carbocycles. The van der Waals surface area contributed by atoms with Crippen LogP contribution < -0.4 is 4.90 Å². The highest BCUT2D eigenvalue weighted by molar-refractivity contribution is 7.23. The highest BCUT2D eigenvalue weighted by Crippen LogP contribution is 2.42. The Morgan fingerprint density at radius 2 is 0.891 bits per heavy atom. The number of hydrogen-bond acceptors (Lipinski definition) is 3. The summed E-state index contributed by atoms with van der Waals surface area (Å²) < 4.78 is 1.21. The number of benzene rings is 8. The van der Waals surface area contributed by atoms with Gasteiger partial charge in [-0.3, -0.25) is 4.90 Å². The van der Waals surface area contributed by atoms with Crippen LogP contribution in [0, 0.1) is 0 Å². The van der Waals surface area contributed by atoms with Gasteiger partial charge in [0.1, 0.15) is 0 Å². The highest BCUT2D eigenvalue weighted by Gasteiger charge is 2.18. The molecule has 8 aromatic carbocycles. The molecule has 0 unspecified atom stereocenters. The van der Waals surface area contributed by atoms with E-state index < -0.39 is 0 Å². The second-order valence-electron chi connectivity index (χ2n) is 11.6. The molecule has 0 bridgehead atoms. The van der Waals surface area contributed by atoms with E-state index in [9.17, 15) is 0 Å². The topological polar surface area (TPSA) is 16.1 Å². The van der Waals surface area contributed by atoms with Gasteiger partial charge in [-0.25, -0.2) is 4.98 Å². The Bertz CT molecular complexity index is 2510. The molecule has 46 heavy (non-hydrogen) atoms. The molecule has 0 N–H and O–H groups in total. The van der Waals surface area contributed by atoms with E-state index in [0.29, 0.717) is 0 Å². The number of fused-ring (bicyclic) bond motifs is 6. The Morgan fingerprint density at radius 1 is 0.391 bits per heavy atom. The van der Waals surface area contributed by atoms with Crippen LogP contribution in [0.2, 0.25) is 0 Å². The predicted octanol–water partition coefficient (Wildman–Crippen LogP) is 12.6. The van der Waals surface area contributed by atoms with Crippen molar-refractivity contribution in [1.29, 1.82) is 0 Å². The van der Waals surface area contributed by atoms with Gasteiger partial charge in [-0.2, -0.15) is 0 Å². The highest BCUT2D eigenvalue weighted by atomic mass is 32.1. The maximum absolute atomic E-state index is 5.18. The maximum Gasteiger partial charge on any atom is 0.195 e. The molecule has 9 rings (SSSR count). The van der Waals surface area contributed by atoms with E-state index in [1.807, 2.05) is 0 Å². The van der Waals surface area contributed by atoms with Crippen LogP contribution in [0.25, 0.3) is 64.8 Å². The molecular weight excluding hydrogens is 577 g/mol. The van der Waals surface area contributed by atoms with Crippen LogP contribution in [-0.4, -0.2) is 4.98 Å². The molecule has 216 valence electrons. The standard InChI is InChI=1S/C43H28N2S/c1-2-8-29(9-3-1)30-18-23-36(24-19-30)45(43-44-41-27-22-33-11-5-7-13-39(33)42(41)46-43)37-25-20-31(21-26-37)35-17-16-34-15-14-32-10-4-6-12-38(32)40(34)28-35/h1-28H. The number of nitrogens with zero attached hydrogens (tertiary/aromatic N) is 2. The molecule has 0 spiro atoms. The van der Waals surface area contributed by atoms with E-state index in [-0.39, 0.29) is 0 Å². The molecule has 0 fully saturated rings. The molecule has 9 aromatic rings. The third-order valence-corrected chi connectivity index (χ3v) is 9.99. The molecule has 1 heterocycles. The Hall–Kier alpha value is -5.77. The van der Waals surface area contributed by atoms with Crippen molar-refractivity contribution in [3.8, 4) is 22.3 Å². The second-order valence-corrected chi connectivity index (χ2v) is 12.6. The number of aromatic nitrogens is 1. The zero-order valence-electron chi connectivity index (χ0n) is 25.0. The average molecular weight is 605 g/mol. The predicted molar refractivity (Wildman–Crippen MR) is 198 cm³/mol. The van der Waals surface area contributed by atoms with Crippen molar-refractivity contribution in [2.24, 2.45) is 0 Å². The Labute approximate surface area is 271 Å². The van der Waals surface area contributed by atoms with Crippen LogP contribution in [0.5, 0.6) is 0 Å². The molecule has 2 nitrogen and oxygen atoms in total. The van der Waals surface area contributed by atoms with Crippen molar-refractivity contribution < 1.29 is 0 Å². The molecule has 0 atom stereocenters. The van der Waals surface area contributed by atoms with Gasteiger partial charge in [0.15, 0.2) is 5.13 Å². The average Bonchev–Trinajstić information content (AvgIpc) is 3.57. The van der Waals surface area contributed by atoms with E-state index in [0.717, 1.165) is 22.0 Å². The van der Waals surface area contributed by atoms with Gasteiger partial charge in [0.05, 0.1) is 10.2 Å². The minimum atomic E-state index is 0.948. The summed E-state index contributed by atoms with van der Waals surface area (Å²) in [4.78, 5) is 7.47. The van der Waals surface area contributed by atoms with Crippen LogP contribution in [0.15, 0.2) is 170 Å². The molecule has 0 aliphatic heterocycles. The number of rotatable bonds is 5. The number of anilines is 3. The first-order valence-electron chi connectivity index (χ1n) is 15.5. The largest absolute Gasteiger partial charge is 0.286 e. The minimum absolute atomic E-state index is 0.948. The number of hydrogen-bond donors (Lipinski definition) is 0. The first-order valence-corrected chi connectivity index (χ1v) is 16.4. The summed E-state index contributed by atoms with van der Waals surface area (Å²) in [6.07, 6.45) is 0. The Balaban J connectivity index is 1.15. The molecule has 0 amide bonds. The van der Waals surface area contributed by atoms with Gasteiger partial charge < -0.3 is 0 Å². The molecule has 3 heteroatoms. The summed E-state index contributed by atoms with van der Waals surface area (Å²) in [5, 5.41) is 8.50. The van der Waals surface area contributed by atoms with Gasteiger partial charge >= 0.3 is 0 Å². The normalized spacial score (nSPS) is 11.5. The Morgan fingerprint density at radius 3 is 1.61 bits per heavy atom. The SMILES string of the molecule is c1ccc(-c2ccc(N(c3ccc(-c4ccc5ccc6ccccc6c5c4)cc3)c3nc4ccc5ccccc5c4s3)cc2)cc1. The number of thiazole rings is 1. The maximum atomic E-state index is 5.18. The fourth-order valence-electron chi connectivity index (χ4n) is 6.53. The van der Waals surface area contributed by atoms with Crippen molar-refractivity contribution in [3.05, 3.63) is 170 Å². The fourth-order valence-corrected chi connectivity index (χ4v) is 7.67. The molecule has 1 aromatic heterocycles. The van der Waals surface area contributed by atoms with Crippen molar-refractivity contribution in [3.63, 3.8) is 0 Å². The quantitative estimate of drug-likeness (QED) is 0.182. The lowest BCUT2D eigenvalue weighted by atomic mass is 9.97. The van der Waals surface area contributed by atoms with E-state index in [1.165, 1.54) is 59.3 Å². The summed E-state index contributed by atoms with van der Waals surface area (Å²) >= 11 is 1.74. The molecule has 0 aliphatic carbocycles. The summed E-state index contributed by atoms with van der Waals surface area (Å²) in [7, 11) is 0. The van der Waals surface area contributed by atoms with E-state index in [4.69, 9.17) is 4.98 Å². The van der Waals surface area contributed by atoms with Gasteiger partial charge in [0, 0.05) is 16.8 Å². The lowest BCUT2D eigenvalue weighted by molar-refractivity contribution is 1.25. The Kier molecular flexibility index (Phi) is 6.36. The third-order valence-electron chi connectivity index (χ3n) is 8.90. The zero-order valence-corrected chi connectivity index (χ0v) is 25.8. The van der Waals surface area contributed by atoms with Crippen molar-refractivity contribution in [2.75, 3.05) is 4.90 Å². The molecule has 0 saturated heterocycles. The van der Waals surface area contributed by atoms with Crippen molar-refractivity contribution in [2.45, 2.75) is 0 Å².